The molecule has 0 unspecified atom stereocenters. The zero-order chi connectivity index (χ0) is 30.3. The van der Waals surface area contributed by atoms with Crippen molar-refractivity contribution in [2.45, 2.75) is 20.1 Å². The third kappa shape index (κ3) is 6.65. The van der Waals surface area contributed by atoms with Crippen LogP contribution in [0, 0.1) is 6.92 Å². The van der Waals surface area contributed by atoms with Gasteiger partial charge in [-0.1, -0.05) is 65.4 Å². The average molecular weight is 582 g/mol. The summed E-state index contributed by atoms with van der Waals surface area (Å²) in [5.74, 6) is 1.07. The minimum Gasteiger partial charge on any atom is -0.497 e. The summed E-state index contributed by atoms with van der Waals surface area (Å²) in [5.41, 5.74) is 6.62. The molecule has 0 atom stereocenters. The monoisotopic (exact) mass is 581 g/mol. The quantitative estimate of drug-likeness (QED) is 0.121. The first-order chi connectivity index (χ1) is 21.6. The fourth-order valence-electron chi connectivity index (χ4n) is 4.82. The van der Waals surface area contributed by atoms with E-state index in [2.05, 4.69) is 10.3 Å². The van der Waals surface area contributed by atoms with Gasteiger partial charge in [0.15, 0.2) is 5.78 Å². The number of carbonyl (C=O) groups excluding carboxylic acids is 1. The van der Waals surface area contributed by atoms with Crippen molar-refractivity contribution < 1.29 is 14.3 Å². The SMILES string of the molecule is COc1ccc(-c2nn(-c3ccccc3)cc2/C=C/C(=O)c2cc(C)ccc2OCc2cn(Cc3ccccc3)nn2)cc1. The lowest BCUT2D eigenvalue weighted by Crippen LogP contribution is -2.03. The first-order valence-corrected chi connectivity index (χ1v) is 14.2. The number of rotatable bonds is 11. The molecule has 8 heteroatoms. The Hall–Kier alpha value is -5.76. The van der Waals surface area contributed by atoms with Gasteiger partial charge in [-0.25, -0.2) is 9.36 Å². The molecule has 0 N–H and O–H groups in total. The van der Waals surface area contributed by atoms with Crippen molar-refractivity contribution in [3.63, 3.8) is 0 Å². The van der Waals surface area contributed by atoms with Gasteiger partial charge in [0.1, 0.15) is 23.8 Å². The van der Waals surface area contributed by atoms with Gasteiger partial charge >= 0.3 is 0 Å². The van der Waals surface area contributed by atoms with Gasteiger partial charge in [0.05, 0.1) is 36.8 Å². The van der Waals surface area contributed by atoms with Crippen LogP contribution in [0.4, 0.5) is 0 Å². The van der Waals surface area contributed by atoms with Crippen LogP contribution in [-0.2, 0) is 13.2 Å². The van der Waals surface area contributed by atoms with Gasteiger partial charge in [-0.3, -0.25) is 4.79 Å². The molecule has 4 aromatic carbocycles. The highest BCUT2D eigenvalue weighted by molar-refractivity contribution is 6.09. The second-order valence-electron chi connectivity index (χ2n) is 10.3. The summed E-state index contributed by atoms with van der Waals surface area (Å²) in [6.45, 7) is 2.75. The van der Waals surface area contributed by atoms with Crippen molar-refractivity contribution in [2.24, 2.45) is 0 Å². The van der Waals surface area contributed by atoms with Gasteiger partial charge in [-0.05, 0) is 73.2 Å². The van der Waals surface area contributed by atoms with E-state index < -0.39 is 0 Å². The number of ketones is 1. The average Bonchev–Trinajstić information content (AvgIpc) is 3.71. The van der Waals surface area contributed by atoms with E-state index >= 15 is 0 Å². The van der Waals surface area contributed by atoms with Gasteiger partial charge in [0.25, 0.3) is 0 Å². The van der Waals surface area contributed by atoms with E-state index in [-0.39, 0.29) is 12.4 Å². The zero-order valence-corrected chi connectivity index (χ0v) is 24.5. The summed E-state index contributed by atoms with van der Waals surface area (Å²) in [6.07, 6.45) is 7.14. The molecule has 44 heavy (non-hydrogen) atoms. The van der Waals surface area contributed by atoms with Gasteiger partial charge in [-0.15, -0.1) is 5.10 Å². The Labute approximate surface area is 255 Å². The molecular formula is C36H31N5O3. The van der Waals surface area contributed by atoms with E-state index in [0.717, 1.165) is 39.4 Å². The molecule has 2 aromatic heterocycles. The molecule has 6 aromatic rings. The smallest absolute Gasteiger partial charge is 0.189 e. The second-order valence-corrected chi connectivity index (χ2v) is 10.3. The van der Waals surface area contributed by atoms with Gasteiger partial charge in [-0.2, -0.15) is 5.10 Å². The van der Waals surface area contributed by atoms with Crippen molar-refractivity contribution in [1.29, 1.82) is 0 Å². The van der Waals surface area contributed by atoms with Crippen LogP contribution in [0.25, 0.3) is 23.0 Å². The molecule has 8 nitrogen and oxygen atoms in total. The third-order valence-corrected chi connectivity index (χ3v) is 7.09. The van der Waals surface area contributed by atoms with E-state index in [1.807, 2.05) is 127 Å². The van der Waals surface area contributed by atoms with Crippen LogP contribution in [0.1, 0.15) is 32.7 Å². The summed E-state index contributed by atoms with van der Waals surface area (Å²) in [4.78, 5) is 13.6. The summed E-state index contributed by atoms with van der Waals surface area (Å²) >= 11 is 0. The molecule has 0 radical (unpaired) electrons. The molecule has 2 heterocycles. The molecule has 0 amide bonds. The molecular weight excluding hydrogens is 550 g/mol. The van der Waals surface area contributed by atoms with Crippen molar-refractivity contribution in [2.75, 3.05) is 7.11 Å². The third-order valence-electron chi connectivity index (χ3n) is 7.09. The molecule has 0 saturated carbocycles. The Morgan fingerprint density at radius 3 is 2.39 bits per heavy atom. The number of para-hydroxylation sites is 1. The van der Waals surface area contributed by atoms with Crippen LogP contribution in [0.5, 0.6) is 11.5 Å². The maximum absolute atomic E-state index is 13.6. The number of ether oxygens (including phenoxy) is 2. The zero-order valence-electron chi connectivity index (χ0n) is 24.5. The molecule has 218 valence electrons. The van der Waals surface area contributed by atoms with Crippen molar-refractivity contribution in [1.82, 2.24) is 24.8 Å². The lowest BCUT2D eigenvalue weighted by molar-refractivity contribution is 0.104. The Morgan fingerprint density at radius 2 is 1.64 bits per heavy atom. The normalized spacial score (nSPS) is 11.1. The Bertz CT molecular complexity index is 1890. The molecule has 6 rings (SSSR count). The van der Waals surface area contributed by atoms with Gasteiger partial charge in [0.2, 0.25) is 0 Å². The number of hydrogen-bond acceptors (Lipinski definition) is 6. The van der Waals surface area contributed by atoms with Gasteiger partial charge in [0, 0.05) is 17.3 Å². The summed E-state index contributed by atoms with van der Waals surface area (Å²) in [7, 11) is 1.64. The van der Waals surface area contributed by atoms with Crippen LogP contribution in [0.15, 0.2) is 122 Å². The van der Waals surface area contributed by atoms with Crippen LogP contribution >= 0.6 is 0 Å². The number of carbonyl (C=O) groups is 1. The predicted molar refractivity (Wildman–Crippen MR) is 170 cm³/mol. The fraction of sp³-hybridized carbons (Fsp3) is 0.111. The Kier molecular flexibility index (Phi) is 8.41. The molecule has 0 aliphatic heterocycles. The van der Waals surface area contributed by atoms with E-state index in [0.29, 0.717) is 23.6 Å². The molecule has 0 bridgehead atoms. The lowest BCUT2D eigenvalue weighted by atomic mass is 10.0. The highest BCUT2D eigenvalue weighted by Gasteiger charge is 2.15. The van der Waals surface area contributed by atoms with Crippen molar-refractivity contribution in [3.8, 4) is 28.4 Å². The van der Waals surface area contributed by atoms with E-state index in [1.54, 1.807) is 23.9 Å². The predicted octanol–water partition coefficient (Wildman–Crippen LogP) is 6.97. The number of allylic oxidation sites excluding steroid dienone is 1. The minimum atomic E-state index is -0.176. The maximum atomic E-state index is 13.6. The molecule has 0 fully saturated rings. The largest absolute Gasteiger partial charge is 0.497 e. The van der Waals surface area contributed by atoms with E-state index in [9.17, 15) is 4.79 Å². The second kappa shape index (κ2) is 13.0. The fourth-order valence-corrected chi connectivity index (χ4v) is 4.82. The summed E-state index contributed by atoms with van der Waals surface area (Å²) in [6, 6.07) is 33.2. The number of benzene rings is 4. The maximum Gasteiger partial charge on any atom is 0.189 e. The standard InChI is InChI=1S/C36H31N5O3/c1-26-13-20-35(44-25-30-24-40(39-37-30)22-27-9-5-3-6-10-27)33(21-26)34(42)19-16-29-23-41(31-11-7-4-8-12-31)38-36(29)28-14-17-32(43-2)18-15-28/h3-21,23-24H,22,25H2,1-2H3/b19-16+. The van der Waals surface area contributed by atoms with Crippen molar-refractivity contribution >= 4 is 11.9 Å². The molecule has 0 saturated heterocycles. The highest BCUT2D eigenvalue weighted by Crippen LogP contribution is 2.28. The molecule has 0 spiro atoms. The topological polar surface area (TPSA) is 84.1 Å². The van der Waals surface area contributed by atoms with Gasteiger partial charge < -0.3 is 9.47 Å². The molecule has 0 aliphatic rings. The number of hydrogen-bond donors (Lipinski definition) is 0. The van der Waals surface area contributed by atoms with Crippen LogP contribution < -0.4 is 9.47 Å². The Balaban J connectivity index is 1.23. The lowest BCUT2D eigenvalue weighted by Gasteiger charge is -2.09. The number of methoxy groups -OCH3 is 1. The first-order valence-electron chi connectivity index (χ1n) is 14.2. The van der Waals surface area contributed by atoms with Crippen LogP contribution in [0.2, 0.25) is 0 Å². The Morgan fingerprint density at radius 1 is 0.886 bits per heavy atom. The first kappa shape index (κ1) is 28.4. The number of aromatic nitrogens is 5. The van der Waals surface area contributed by atoms with Crippen LogP contribution in [0.3, 0.4) is 0 Å². The van der Waals surface area contributed by atoms with E-state index in [1.165, 1.54) is 0 Å². The summed E-state index contributed by atoms with van der Waals surface area (Å²) < 4.78 is 15.0. The highest BCUT2D eigenvalue weighted by atomic mass is 16.5. The number of nitrogens with zero attached hydrogens (tertiary/aromatic N) is 5. The number of aryl methyl sites for hydroxylation is 1. The van der Waals surface area contributed by atoms with Crippen LogP contribution in [-0.4, -0.2) is 37.7 Å². The van der Waals surface area contributed by atoms with E-state index in [4.69, 9.17) is 14.6 Å². The summed E-state index contributed by atoms with van der Waals surface area (Å²) in [5, 5.41) is 13.3. The molecule has 0 aliphatic carbocycles. The minimum absolute atomic E-state index is 0.176. The van der Waals surface area contributed by atoms with Crippen molar-refractivity contribution in [3.05, 3.63) is 150 Å².